The maximum absolute atomic E-state index is 13.1. The number of nitrogens with one attached hydrogen (secondary N) is 1. The molecule has 182 valence electrons. The third-order valence-corrected chi connectivity index (χ3v) is 5.85. The molecule has 0 bridgehead atoms. The number of benzene rings is 3. The van der Waals surface area contributed by atoms with E-state index in [4.69, 9.17) is 14.2 Å². The van der Waals surface area contributed by atoms with Crippen molar-refractivity contribution in [1.82, 2.24) is 4.90 Å². The van der Waals surface area contributed by atoms with E-state index in [1.807, 2.05) is 6.07 Å². The number of ether oxygens (including phenoxy) is 3. The number of anilines is 1. The minimum absolute atomic E-state index is 0.0505. The SMILES string of the molecule is O=C(COC(=O)[C@@H](Cc1ccccc1)N1C(=O)c2ccccc2C1=O)Nc1ccc2c(c1)OCCO2. The van der Waals surface area contributed by atoms with Crippen LogP contribution in [-0.2, 0) is 20.7 Å². The number of amides is 3. The number of rotatable bonds is 7. The molecular weight excluding hydrogens is 464 g/mol. The first-order valence-corrected chi connectivity index (χ1v) is 11.4. The maximum atomic E-state index is 13.1. The highest BCUT2D eigenvalue weighted by atomic mass is 16.6. The van der Waals surface area contributed by atoms with Crippen molar-refractivity contribution in [2.75, 3.05) is 25.1 Å². The van der Waals surface area contributed by atoms with Gasteiger partial charge in [0.05, 0.1) is 11.1 Å². The van der Waals surface area contributed by atoms with Crippen LogP contribution < -0.4 is 14.8 Å². The predicted molar refractivity (Wildman–Crippen MR) is 128 cm³/mol. The van der Waals surface area contributed by atoms with Gasteiger partial charge in [-0.3, -0.25) is 19.3 Å². The fraction of sp³-hybridized carbons (Fsp3) is 0.185. The smallest absolute Gasteiger partial charge is 0.330 e. The molecule has 0 saturated carbocycles. The summed E-state index contributed by atoms with van der Waals surface area (Å²) < 4.78 is 16.2. The number of carbonyl (C=O) groups is 4. The molecule has 3 aromatic rings. The van der Waals surface area contributed by atoms with E-state index in [2.05, 4.69) is 5.32 Å². The average Bonchev–Trinajstić information content (AvgIpc) is 3.16. The van der Waals surface area contributed by atoms with Crippen molar-refractivity contribution in [1.29, 1.82) is 0 Å². The van der Waals surface area contributed by atoms with Crippen LogP contribution in [0.15, 0.2) is 72.8 Å². The minimum Gasteiger partial charge on any atom is -0.486 e. The van der Waals surface area contributed by atoms with Gasteiger partial charge >= 0.3 is 5.97 Å². The monoisotopic (exact) mass is 486 g/mol. The van der Waals surface area contributed by atoms with Crippen LogP contribution >= 0.6 is 0 Å². The molecule has 0 unspecified atom stereocenters. The lowest BCUT2D eigenvalue weighted by Gasteiger charge is -2.24. The normalized spacial score (nSPS) is 14.7. The number of hydrogen-bond donors (Lipinski definition) is 1. The largest absolute Gasteiger partial charge is 0.486 e. The van der Waals surface area contributed by atoms with Crippen LogP contribution in [0.1, 0.15) is 26.3 Å². The summed E-state index contributed by atoms with van der Waals surface area (Å²) in [5.74, 6) is -1.50. The molecule has 2 heterocycles. The van der Waals surface area contributed by atoms with Crippen molar-refractivity contribution in [2.24, 2.45) is 0 Å². The lowest BCUT2D eigenvalue weighted by Crippen LogP contribution is -2.47. The molecule has 2 aliphatic rings. The summed E-state index contributed by atoms with van der Waals surface area (Å²) in [7, 11) is 0. The molecule has 1 atom stereocenters. The second kappa shape index (κ2) is 9.91. The third kappa shape index (κ3) is 4.63. The quantitative estimate of drug-likeness (QED) is 0.404. The van der Waals surface area contributed by atoms with Gasteiger partial charge in [-0.05, 0) is 29.8 Å². The van der Waals surface area contributed by atoms with E-state index in [1.165, 1.54) is 0 Å². The van der Waals surface area contributed by atoms with Gasteiger partial charge in [0.1, 0.15) is 19.3 Å². The van der Waals surface area contributed by atoms with Crippen molar-refractivity contribution in [3.63, 3.8) is 0 Å². The highest BCUT2D eigenvalue weighted by Crippen LogP contribution is 2.32. The van der Waals surface area contributed by atoms with Gasteiger partial charge in [-0.25, -0.2) is 4.79 Å². The van der Waals surface area contributed by atoms with E-state index in [9.17, 15) is 19.2 Å². The molecule has 3 aromatic carbocycles. The Balaban J connectivity index is 1.29. The molecule has 3 amide bonds. The van der Waals surface area contributed by atoms with Gasteiger partial charge in [0.2, 0.25) is 0 Å². The Morgan fingerprint density at radius 3 is 2.19 bits per heavy atom. The summed E-state index contributed by atoms with van der Waals surface area (Å²) in [5.41, 5.74) is 1.63. The fourth-order valence-electron chi connectivity index (χ4n) is 4.16. The van der Waals surface area contributed by atoms with Crippen molar-refractivity contribution in [2.45, 2.75) is 12.5 Å². The Morgan fingerprint density at radius 2 is 1.50 bits per heavy atom. The number of imide groups is 1. The molecule has 0 aromatic heterocycles. The standard InChI is InChI=1S/C27H22N2O7/c30-24(28-18-10-11-22-23(15-18)35-13-12-34-22)16-36-27(33)21(14-17-6-2-1-3-7-17)29-25(31)19-8-4-5-9-20(19)26(29)32/h1-11,15,21H,12-14,16H2,(H,28,30)/t21-/m1/s1. The van der Waals surface area contributed by atoms with Crippen LogP contribution in [0.4, 0.5) is 5.69 Å². The van der Waals surface area contributed by atoms with Gasteiger partial charge in [-0.1, -0.05) is 42.5 Å². The first kappa shape index (κ1) is 23.1. The van der Waals surface area contributed by atoms with E-state index in [1.54, 1.807) is 66.7 Å². The summed E-state index contributed by atoms with van der Waals surface area (Å²) in [6, 6.07) is 19.1. The van der Waals surface area contributed by atoms with Crippen LogP contribution in [0, 0.1) is 0 Å². The van der Waals surface area contributed by atoms with Gasteiger partial charge in [-0.2, -0.15) is 0 Å². The van der Waals surface area contributed by atoms with Gasteiger partial charge in [0.25, 0.3) is 17.7 Å². The van der Waals surface area contributed by atoms with Crippen LogP contribution in [0.25, 0.3) is 0 Å². The number of carbonyl (C=O) groups excluding carboxylic acids is 4. The van der Waals surface area contributed by atoms with E-state index in [-0.39, 0.29) is 17.5 Å². The second-order valence-electron chi connectivity index (χ2n) is 8.25. The molecule has 5 rings (SSSR count). The van der Waals surface area contributed by atoms with E-state index in [0.29, 0.717) is 30.4 Å². The first-order chi connectivity index (χ1) is 17.5. The summed E-state index contributed by atoms with van der Waals surface area (Å²) in [5, 5.41) is 2.64. The fourth-order valence-corrected chi connectivity index (χ4v) is 4.16. The Hall–Kier alpha value is -4.66. The molecular formula is C27H22N2O7. The van der Waals surface area contributed by atoms with Crippen molar-refractivity contribution in [3.8, 4) is 11.5 Å². The Morgan fingerprint density at radius 1 is 0.861 bits per heavy atom. The third-order valence-electron chi connectivity index (χ3n) is 5.85. The second-order valence-corrected chi connectivity index (χ2v) is 8.25. The Labute approximate surface area is 206 Å². The van der Waals surface area contributed by atoms with Gasteiger partial charge in [0, 0.05) is 18.2 Å². The number of esters is 1. The predicted octanol–water partition coefficient (Wildman–Crippen LogP) is 2.85. The zero-order chi connectivity index (χ0) is 25.1. The topological polar surface area (TPSA) is 111 Å². The number of fused-ring (bicyclic) bond motifs is 2. The molecule has 1 N–H and O–H groups in total. The summed E-state index contributed by atoms with van der Waals surface area (Å²) in [4.78, 5) is 52.6. The van der Waals surface area contributed by atoms with Crippen LogP contribution in [-0.4, -0.2) is 54.5 Å². The molecule has 2 aliphatic heterocycles. The Kier molecular flexibility index (Phi) is 6.36. The highest BCUT2D eigenvalue weighted by Gasteiger charge is 2.43. The zero-order valence-corrected chi connectivity index (χ0v) is 19.1. The van der Waals surface area contributed by atoms with Crippen LogP contribution in [0.2, 0.25) is 0 Å². The Bertz CT molecular complexity index is 1300. The lowest BCUT2D eigenvalue weighted by atomic mass is 10.0. The summed E-state index contributed by atoms with van der Waals surface area (Å²) in [6.07, 6.45) is 0.0505. The molecule has 9 nitrogen and oxygen atoms in total. The molecule has 0 fully saturated rings. The van der Waals surface area contributed by atoms with Gasteiger partial charge in [0.15, 0.2) is 18.1 Å². The zero-order valence-electron chi connectivity index (χ0n) is 19.1. The number of nitrogens with zero attached hydrogens (tertiary/aromatic N) is 1. The van der Waals surface area contributed by atoms with Crippen molar-refractivity contribution < 1.29 is 33.4 Å². The molecule has 0 radical (unpaired) electrons. The summed E-state index contributed by atoms with van der Waals surface area (Å²) >= 11 is 0. The first-order valence-electron chi connectivity index (χ1n) is 11.4. The molecule has 9 heteroatoms. The molecule has 0 saturated heterocycles. The maximum Gasteiger partial charge on any atom is 0.330 e. The highest BCUT2D eigenvalue weighted by molar-refractivity contribution is 6.22. The molecule has 36 heavy (non-hydrogen) atoms. The minimum atomic E-state index is -1.23. The lowest BCUT2D eigenvalue weighted by molar-refractivity contribution is -0.151. The van der Waals surface area contributed by atoms with Crippen LogP contribution in [0.3, 0.4) is 0 Å². The van der Waals surface area contributed by atoms with E-state index < -0.39 is 36.3 Å². The summed E-state index contributed by atoms with van der Waals surface area (Å²) in [6.45, 7) is 0.260. The van der Waals surface area contributed by atoms with Crippen LogP contribution in [0.5, 0.6) is 11.5 Å². The molecule has 0 spiro atoms. The van der Waals surface area contributed by atoms with Crippen molar-refractivity contribution in [3.05, 3.63) is 89.5 Å². The van der Waals surface area contributed by atoms with Gasteiger partial charge in [-0.15, -0.1) is 0 Å². The molecule has 0 aliphatic carbocycles. The van der Waals surface area contributed by atoms with Gasteiger partial charge < -0.3 is 19.5 Å². The average molecular weight is 486 g/mol. The van der Waals surface area contributed by atoms with E-state index in [0.717, 1.165) is 10.5 Å². The number of hydrogen-bond acceptors (Lipinski definition) is 7. The van der Waals surface area contributed by atoms with Crippen molar-refractivity contribution >= 4 is 29.4 Å². The van der Waals surface area contributed by atoms with E-state index >= 15 is 0 Å².